The van der Waals surface area contributed by atoms with Gasteiger partial charge >= 0.3 is 11.9 Å². The molecule has 0 aliphatic rings. The van der Waals surface area contributed by atoms with Crippen LogP contribution in [0.2, 0.25) is 0 Å². The van der Waals surface area contributed by atoms with Crippen LogP contribution in [-0.4, -0.2) is 22.2 Å². The maximum absolute atomic E-state index is 10.5. The van der Waals surface area contributed by atoms with Crippen LogP contribution in [0.1, 0.15) is 20.7 Å². The number of carboxylic acids is 2. The summed E-state index contributed by atoms with van der Waals surface area (Å²) in [6.45, 7) is 0. The van der Waals surface area contributed by atoms with Gasteiger partial charge in [-0.2, -0.15) is 0 Å². The van der Waals surface area contributed by atoms with Gasteiger partial charge in [0.25, 0.3) is 0 Å². The SMILES string of the molecule is N.N.N.O=C(O)c1ccccc1C(=O)O. The Morgan fingerprint density at radius 2 is 1.07 bits per heavy atom. The summed E-state index contributed by atoms with van der Waals surface area (Å²) < 4.78 is 0. The van der Waals surface area contributed by atoms with E-state index in [4.69, 9.17) is 10.2 Å². The predicted octanol–water partition coefficient (Wildman–Crippen LogP) is 1.57. The van der Waals surface area contributed by atoms with Crippen molar-refractivity contribution >= 4 is 11.9 Å². The van der Waals surface area contributed by atoms with E-state index >= 15 is 0 Å². The first kappa shape index (κ1) is 18.8. The van der Waals surface area contributed by atoms with Gasteiger partial charge in [-0.15, -0.1) is 0 Å². The summed E-state index contributed by atoms with van der Waals surface area (Å²) in [4.78, 5) is 20.9. The highest BCUT2D eigenvalue weighted by atomic mass is 16.4. The third-order valence-corrected chi connectivity index (χ3v) is 1.39. The minimum Gasteiger partial charge on any atom is -0.478 e. The molecule has 1 aromatic carbocycles. The number of hydrogen-bond acceptors (Lipinski definition) is 5. The van der Waals surface area contributed by atoms with Crippen LogP contribution in [0, 0.1) is 0 Å². The van der Waals surface area contributed by atoms with Crippen molar-refractivity contribution in [1.29, 1.82) is 0 Å². The van der Waals surface area contributed by atoms with Gasteiger partial charge in [0.15, 0.2) is 0 Å². The van der Waals surface area contributed by atoms with E-state index in [9.17, 15) is 9.59 Å². The molecule has 0 aliphatic heterocycles. The van der Waals surface area contributed by atoms with E-state index in [0.717, 1.165) is 0 Å². The average molecular weight is 217 g/mol. The van der Waals surface area contributed by atoms with Gasteiger partial charge in [-0.3, -0.25) is 0 Å². The third kappa shape index (κ3) is 4.18. The van der Waals surface area contributed by atoms with Gasteiger partial charge in [0.05, 0.1) is 11.1 Å². The highest BCUT2D eigenvalue weighted by Crippen LogP contribution is 2.07. The van der Waals surface area contributed by atoms with Crippen molar-refractivity contribution in [2.24, 2.45) is 0 Å². The maximum atomic E-state index is 10.5. The summed E-state index contributed by atoms with van der Waals surface area (Å²) in [7, 11) is 0. The Bertz CT molecular complexity index is 307. The Morgan fingerprint density at radius 1 is 0.800 bits per heavy atom. The smallest absolute Gasteiger partial charge is 0.336 e. The van der Waals surface area contributed by atoms with Crippen LogP contribution in [0.5, 0.6) is 0 Å². The average Bonchev–Trinajstić information content (AvgIpc) is 2.04. The van der Waals surface area contributed by atoms with Gasteiger partial charge in [-0.25, -0.2) is 9.59 Å². The first-order valence-electron chi connectivity index (χ1n) is 3.18. The molecule has 0 bridgehead atoms. The number of hydrogen-bond donors (Lipinski definition) is 5. The van der Waals surface area contributed by atoms with Crippen LogP contribution < -0.4 is 18.5 Å². The number of rotatable bonds is 2. The molecule has 0 spiro atoms. The summed E-state index contributed by atoms with van der Waals surface area (Å²) in [5.41, 5.74) is -0.380. The molecule has 0 unspecified atom stereocenters. The molecular formula is C8H15N3O4. The molecular weight excluding hydrogens is 202 g/mol. The van der Waals surface area contributed by atoms with E-state index in [1.807, 2.05) is 0 Å². The standard InChI is InChI=1S/C8H6O4.3H3N/c9-7(10)5-3-1-2-4-6(5)8(11)12;;;/h1-4H,(H,9,10)(H,11,12);3*1H3. The topological polar surface area (TPSA) is 180 Å². The van der Waals surface area contributed by atoms with Crippen LogP contribution in [0.4, 0.5) is 0 Å². The highest BCUT2D eigenvalue weighted by Gasteiger charge is 2.13. The Morgan fingerprint density at radius 3 is 1.27 bits per heavy atom. The summed E-state index contributed by atoms with van der Waals surface area (Å²) in [5, 5.41) is 17.1. The Kier molecular flexibility index (Phi) is 9.31. The van der Waals surface area contributed by atoms with Crippen LogP contribution in [0.3, 0.4) is 0 Å². The molecule has 7 nitrogen and oxygen atoms in total. The van der Waals surface area contributed by atoms with E-state index in [1.165, 1.54) is 24.3 Å². The molecule has 0 radical (unpaired) electrons. The number of carbonyl (C=O) groups is 2. The lowest BCUT2D eigenvalue weighted by Crippen LogP contribution is -2.06. The lowest BCUT2D eigenvalue weighted by Gasteiger charge is -1.98. The number of benzene rings is 1. The second kappa shape index (κ2) is 7.44. The van der Waals surface area contributed by atoms with Crippen molar-refractivity contribution < 1.29 is 19.8 Å². The molecule has 0 heterocycles. The van der Waals surface area contributed by atoms with Crippen molar-refractivity contribution in [3.63, 3.8) is 0 Å². The Hall–Kier alpha value is -1.96. The van der Waals surface area contributed by atoms with Crippen LogP contribution in [0.25, 0.3) is 0 Å². The number of carboxylic acid groups (broad SMARTS) is 2. The second-order valence-electron chi connectivity index (χ2n) is 2.16. The maximum Gasteiger partial charge on any atom is 0.336 e. The highest BCUT2D eigenvalue weighted by molar-refractivity contribution is 6.01. The monoisotopic (exact) mass is 217 g/mol. The van der Waals surface area contributed by atoms with Crippen molar-refractivity contribution in [1.82, 2.24) is 18.5 Å². The van der Waals surface area contributed by atoms with Gasteiger partial charge < -0.3 is 28.7 Å². The molecule has 1 aromatic rings. The molecule has 0 aliphatic carbocycles. The zero-order valence-electron chi connectivity index (χ0n) is 8.14. The molecule has 0 aromatic heterocycles. The Balaban J connectivity index is -0.000000480. The normalized spacial score (nSPS) is 7.47. The molecule has 0 fully saturated rings. The minimum atomic E-state index is -1.23. The summed E-state index contributed by atoms with van der Waals surface area (Å²) in [5.74, 6) is -2.46. The van der Waals surface area contributed by atoms with Crippen LogP contribution in [-0.2, 0) is 0 Å². The molecule has 86 valence electrons. The van der Waals surface area contributed by atoms with E-state index < -0.39 is 11.9 Å². The third-order valence-electron chi connectivity index (χ3n) is 1.39. The van der Waals surface area contributed by atoms with Crippen LogP contribution >= 0.6 is 0 Å². The fraction of sp³-hybridized carbons (Fsp3) is 0. The predicted molar refractivity (Wildman–Crippen MR) is 55.4 cm³/mol. The zero-order valence-corrected chi connectivity index (χ0v) is 8.14. The van der Waals surface area contributed by atoms with Gasteiger partial charge in [-0.05, 0) is 12.1 Å². The summed E-state index contributed by atoms with van der Waals surface area (Å²) in [6.07, 6.45) is 0. The molecule has 0 amide bonds. The van der Waals surface area contributed by atoms with Crippen molar-refractivity contribution in [2.45, 2.75) is 0 Å². The molecule has 0 saturated heterocycles. The summed E-state index contributed by atoms with van der Waals surface area (Å²) >= 11 is 0. The molecule has 1 rings (SSSR count). The molecule has 0 atom stereocenters. The lowest BCUT2D eigenvalue weighted by atomic mass is 10.1. The van der Waals surface area contributed by atoms with Gasteiger partial charge in [0.2, 0.25) is 0 Å². The van der Waals surface area contributed by atoms with Gasteiger partial charge in [0, 0.05) is 0 Å². The van der Waals surface area contributed by atoms with Gasteiger partial charge in [0.1, 0.15) is 0 Å². The second-order valence-corrected chi connectivity index (χ2v) is 2.16. The largest absolute Gasteiger partial charge is 0.478 e. The first-order valence-corrected chi connectivity index (χ1v) is 3.18. The van der Waals surface area contributed by atoms with Crippen molar-refractivity contribution in [2.75, 3.05) is 0 Å². The van der Waals surface area contributed by atoms with E-state index in [1.54, 1.807) is 0 Å². The lowest BCUT2D eigenvalue weighted by molar-refractivity contribution is 0.0651. The van der Waals surface area contributed by atoms with E-state index in [0.29, 0.717) is 0 Å². The molecule has 7 heteroatoms. The minimum absolute atomic E-state index is 0. The quantitative estimate of drug-likeness (QED) is 0.498. The molecule has 15 heavy (non-hydrogen) atoms. The Labute approximate surface area is 86.5 Å². The zero-order chi connectivity index (χ0) is 9.14. The van der Waals surface area contributed by atoms with Gasteiger partial charge in [-0.1, -0.05) is 12.1 Å². The van der Waals surface area contributed by atoms with E-state index in [-0.39, 0.29) is 29.6 Å². The van der Waals surface area contributed by atoms with Crippen molar-refractivity contribution in [3.05, 3.63) is 35.4 Å². The number of aromatic carboxylic acids is 2. The molecule has 11 N–H and O–H groups in total. The first-order chi connectivity index (χ1) is 5.63. The van der Waals surface area contributed by atoms with Crippen LogP contribution in [0.15, 0.2) is 24.3 Å². The van der Waals surface area contributed by atoms with E-state index in [2.05, 4.69) is 0 Å². The molecule has 0 saturated carbocycles. The summed E-state index contributed by atoms with van der Waals surface area (Å²) in [6, 6.07) is 5.48. The fourth-order valence-corrected chi connectivity index (χ4v) is 0.856. The fourth-order valence-electron chi connectivity index (χ4n) is 0.856. The van der Waals surface area contributed by atoms with Crippen molar-refractivity contribution in [3.8, 4) is 0 Å².